The van der Waals surface area contributed by atoms with E-state index in [2.05, 4.69) is 18.7 Å². The molecule has 19 heavy (non-hydrogen) atoms. The Hall–Kier alpha value is -0.0800. The van der Waals surface area contributed by atoms with E-state index in [0.29, 0.717) is 5.54 Å². The molecule has 1 heterocycles. The second-order valence-corrected chi connectivity index (χ2v) is 6.88. The van der Waals surface area contributed by atoms with Gasteiger partial charge in [0.2, 0.25) is 0 Å². The van der Waals surface area contributed by atoms with Crippen LogP contribution in [-0.2, 0) is 0 Å². The third kappa shape index (κ3) is 3.16. The molecule has 0 aromatic rings. The van der Waals surface area contributed by atoms with Crippen molar-refractivity contribution in [2.75, 3.05) is 19.6 Å². The molecule has 1 aliphatic heterocycles. The summed E-state index contributed by atoms with van der Waals surface area (Å²) in [7, 11) is 0. The normalized spacial score (nSPS) is 37.4. The van der Waals surface area contributed by atoms with Crippen molar-refractivity contribution in [2.24, 2.45) is 17.6 Å². The fourth-order valence-electron chi connectivity index (χ4n) is 4.83. The minimum absolute atomic E-state index is 0.357. The van der Waals surface area contributed by atoms with E-state index in [4.69, 9.17) is 5.73 Å². The lowest BCUT2D eigenvalue weighted by molar-refractivity contribution is 0.0576. The van der Waals surface area contributed by atoms with Crippen LogP contribution in [0, 0.1) is 11.8 Å². The maximum Gasteiger partial charge on any atom is 0.0359 e. The van der Waals surface area contributed by atoms with Gasteiger partial charge in [-0.2, -0.15) is 0 Å². The summed E-state index contributed by atoms with van der Waals surface area (Å²) >= 11 is 0. The molecule has 0 radical (unpaired) electrons. The van der Waals surface area contributed by atoms with Gasteiger partial charge in [-0.05, 0) is 57.0 Å². The van der Waals surface area contributed by atoms with Crippen molar-refractivity contribution in [3.05, 3.63) is 0 Å². The van der Waals surface area contributed by atoms with Gasteiger partial charge in [0.15, 0.2) is 0 Å². The molecule has 0 aromatic heterocycles. The Morgan fingerprint density at radius 3 is 2.63 bits per heavy atom. The third-order valence-corrected chi connectivity index (χ3v) is 5.94. The van der Waals surface area contributed by atoms with Crippen LogP contribution in [0.1, 0.15) is 71.6 Å². The summed E-state index contributed by atoms with van der Waals surface area (Å²) in [6.07, 6.45) is 12.5. The minimum Gasteiger partial charge on any atom is -0.329 e. The number of hydrogen-bond acceptors (Lipinski definition) is 2. The SMILES string of the molecule is CCCC1CCCN(C2(CN)CCCC2CC)CC1. The summed E-state index contributed by atoms with van der Waals surface area (Å²) in [6.45, 7) is 8.17. The van der Waals surface area contributed by atoms with Gasteiger partial charge in [-0.15, -0.1) is 0 Å². The van der Waals surface area contributed by atoms with Gasteiger partial charge in [0.05, 0.1) is 0 Å². The highest BCUT2D eigenvalue weighted by molar-refractivity contribution is 5.01. The number of nitrogens with zero attached hydrogens (tertiary/aromatic N) is 1. The molecule has 3 unspecified atom stereocenters. The standard InChI is InChI=1S/C17H34N2/c1-3-7-15-8-6-12-19(13-10-15)17(14-18)11-5-9-16(17)4-2/h15-16H,3-14,18H2,1-2H3. The predicted octanol–water partition coefficient (Wildman–Crippen LogP) is 3.80. The summed E-state index contributed by atoms with van der Waals surface area (Å²) in [6, 6.07) is 0. The fourth-order valence-corrected chi connectivity index (χ4v) is 4.83. The van der Waals surface area contributed by atoms with Gasteiger partial charge in [-0.3, -0.25) is 4.90 Å². The van der Waals surface area contributed by atoms with E-state index >= 15 is 0 Å². The number of rotatable bonds is 5. The van der Waals surface area contributed by atoms with Crippen LogP contribution in [0.2, 0.25) is 0 Å². The Morgan fingerprint density at radius 1 is 1.11 bits per heavy atom. The van der Waals surface area contributed by atoms with Crippen LogP contribution in [0.4, 0.5) is 0 Å². The van der Waals surface area contributed by atoms with Gasteiger partial charge in [-0.25, -0.2) is 0 Å². The van der Waals surface area contributed by atoms with Crippen molar-refractivity contribution in [3.8, 4) is 0 Å². The first-order valence-electron chi connectivity index (χ1n) is 8.72. The average Bonchev–Trinajstić information content (AvgIpc) is 2.72. The van der Waals surface area contributed by atoms with E-state index in [0.717, 1.165) is 18.4 Å². The van der Waals surface area contributed by atoms with Gasteiger partial charge in [0, 0.05) is 12.1 Å². The molecule has 2 heteroatoms. The van der Waals surface area contributed by atoms with Crippen LogP contribution in [0.15, 0.2) is 0 Å². The highest BCUT2D eigenvalue weighted by Gasteiger charge is 2.45. The van der Waals surface area contributed by atoms with Crippen LogP contribution >= 0.6 is 0 Å². The summed E-state index contributed by atoms with van der Waals surface area (Å²) < 4.78 is 0. The molecule has 0 spiro atoms. The first kappa shape index (κ1) is 15.3. The number of likely N-dealkylation sites (tertiary alicyclic amines) is 1. The van der Waals surface area contributed by atoms with E-state index in [1.807, 2.05) is 0 Å². The number of nitrogens with two attached hydrogens (primary N) is 1. The van der Waals surface area contributed by atoms with Crippen LogP contribution in [0.3, 0.4) is 0 Å². The monoisotopic (exact) mass is 266 g/mol. The van der Waals surface area contributed by atoms with E-state index < -0.39 is 0 Å². The molecule has 1 aliphatic carbocycles. The third-order valence-electron chi connectivity index (χ3n) is 5.94. The zero-order valence-corrected chi connectivity index (χ0v) is 13.2. The van der Waals surface area contributed by atoms with Gasteiger partial charge < -0.3 is 5.73 Å². The van der Waals surface area contributed by atoms with E-state index in [1.165, 1.54) is 70.9 Å². The maximum atomic E-state index is 6.27. The van der Waals surface area contributed by atoms with Crippen LogP contribution in [0.5, 0.6) is 0 Å². The minimum atomic E-state index is 0.357. The van der Waals surface area contributed by atoms with Gasteiger partial charge in [0.1, 0.15) is 0 Å². The molecule has 0 bridgehead atoms. The molecular formula is C17H34N2. The van der Waals surface area contributed by atoms with E-state index in [9.17, 15) is 0 Å². The van der Waals surface area contributed by atoms with Crippen molar-refractivity contribution in [1.82, 2.24) is 4.90 Å². The lowest BCUT2D eigenvalue weighted by Crippen LogP contribution is -2.56. The fraction of sp³-hybridized carbons (Fsp3) is 1.00. The highest BCUT2D eigenvalue weighted by Crippen LogP contribution is 2.43. The molecule has 0 aromatic carbocycles. The molecule has 1 saturated carbocycles. The largest absolute Gasteiger partial charge is 0.329 e. The van der Waals surface area contributed by atoms with Crippen molar-refractivity contribution in [3.63, 3.8) is 0 Å². The molecule has 112 valence electrons. The van der Waals surface area contributed by atoms with E-state index in [1.54, 1.807) is 0 Å². The molecule has 2 N–H and O–H groups in total. The van der Waals surface area contributed by atoms with Crippen molar-refractivity contribution in [2.45, 2.75) is 77.2 Å². The molecule has 2 nitrogen and oxygen atoms in total. The molecule has 2 fully saturated rings. The molecule has 1 saturated heterocycles. The summed E-state index contributed by atoms with van der Waals surface area (Å²) in [5.41, 5.74) is 6.63. The van der Waals surface area contributed by atoms with Gasteiger partial charge >= 0.3 is 0 Å². The predicted molar refractivity (Wildman–Crippen MR) is 83.2 cm³/mol. The van der Waals surface area contributed by atoms with Crippen molar-refractivity contribution < 1.29 is 0 Å². The second-order valence-electron chi connectivity index (χ2n) is 6.88. The summed E-state index contributed by atoms with van der Waals surface area (Å²) in [5, 5.41) is 0. The maximum absolute atomic E-state index is 6.27. The lowest BCUT2D eigenvalue weighted by Gasteiger charge is -2.44. The number of hydrogen-bond donors (Lipinski definition) is 1. The zero-order chi connectivity index (χ0) is 13.7. The zero-order valence-electron chi connectivity index (χ0n) is 13.2. The molecular weight excluding hydrogens is 232 g/mol. The Kier molecular flexibility index (Phi) is 5.70. The molecule has 0 amide bonds. The van der Waals surface area contributed by atoms with Crippen LogP contribution in [-0.4, -0.2) is 30.1 Å². The van der Waals surface area contributed by atoms with Crippen molar-refractivity contribution >= 4 is 0 Å². The van der Waals surface area contributed by atoms with Crippen LogP contribution in [0.25, 0.3) is 0 Å². The Morgan fingerprint density at radius 2 is 1.95 bits per heavy atom. The summed E-state index contributed by atoms with van der Waals surface area (Å²) in [4.78, 5) is 2.81. The van der Waals surface area contributed by atoms with Gasteiger partial charge in [0.25, 0.3) is 0 Å². The Labute approximate surface area is 120 Å². The van der Waals surface area contributed by atoms with E-state index in [-0.39, 0.29) is 0 Å². The molecule has 2 aliphatic rings. The van der Waals surface area contributed by atoms with Crippen LogP contribution < -0.4 is 5.73 Å². The highest BCUT2D eigenvalue weighted by atomic mass is 15.2. The first-order valence-corrected chi connectivity index (χ1v) is 8.72. The average molecular weight is 266 g/mol. The van der Waals surface area contributed by atoms with Crippen molar-refractivity contribution in [1.29, 1.82) is 0 Å². The lowest BCUT2D eigenvalue weighted by atomic mass is 9.83. The molecule has 2 rings (SSSR count). The van der Waals surface area contributed by atoms with Gasteiger partial charge in [-0.1, -0.05) is 39.5 Å². The Bertz CT molecular complexity index is 266. The summed E-state index contributed by atoms with van der Waals surface area (Å²) in [5.74, 6) is 1.83. The molecule has 3 atom stereocenters. The quantitative estimate of drug-likeness (QED) is 0.820. The second kappa shape index (κ2) is 7.08. The Balaban J connectivity index is 2.03. The first-order chi connectivity index (χ1) is 9.26. The topological polar surface area (TPSA) is 29.3 Å². The smallest absolute Gasteiger partial charge is 0.0359 e.